The first-order valence-electron chi connectivity index (χ1n) is 4.13. The largest absolute Gasteiger partial charge is 0.464 e. The monoisotopic (exact) mass is 182 g/mol. The zero-order chi connectivity index (χ0) is 9.10. The molecule has 1 aliphatic heterocycles. The predicted molar refractivity (Wildman–Crippen MR) is 43.4 cm³/mol. The highest BCUT2D eigenvalue weighted by Gasteiger charge is 2.24. The van der Waals surface area contributed by atoms with Crippen molar-refractivity contribution in [1.29, 1.82) is 0 Å². The third-order valence-corrected chi connectivity index (χ3v) is 1.87. The van der Waals surface area contributed by atoms with Crippen molar-refractivity contribution in [3.8, 4) is 5.88 Å². The van der Waals surface area contributed by atoms with Crippen LogP contribution >= 0.6 is 0 Å². The number of Topliss-reactive ketones (excluding diaryl/α,β-unsaturated/α-hetero) is 1. The summed E-state index contributed by atoms with van der Waals surface area (Å²) < 4.78 is 10.4. The number of carbonyl (C=O) groups is 1. The second kappa shape index (κ2) is 3.57. The summed E-state index contributed by atoms with van der Waals surface area (Å²) in [6.45, 7) is 0.833. The highest BCUT2D eigenvalue weighted by atomic mass is 16.5. The summed E-state index contributed by atoms with van der Waals surface area (Å²) in [7, 11) is 0. The number of aromatic nitrogens is 2. The van der Waals surface area contributed by atoms with Crippen LogP contribution in [-0.2, 0) is 9.53 Å². The second-order valence-corrected chi connectivity index (χ2v) is 2.82. The normalized spacial score (nSPS) is 23.1. The summed E-state index contributed by atoms with van der Waals surface area (Å²) in [6.07, 6.45) is 1.52. The molecule has 0 radical (unpaired) electrons. The maximum absolute atomic E-state index is 11.3. The lowest BCUT2D eigenvalue weighted by molar-refractivity contribution is -0.135. The Bertz CT molecular complexity index is 284. The van der Waals surface area contributed by atoms with Gasteiger partial charge in [-0.1, -0.05) is 0 Å². The molecule has 1 aliphatic rings. The molecular formula is C8H10N2O3. The van der Waals surface area contributed by atoms with Gasteiger partial charge in [0, 0.05) is 12.5 Å². The number of nitrogens with one attached hydrogen (secondary N) is 1. The van der Waals surface area contributed by atoms with E-state index in [4.69, 9.17) is 9.47 Å². The minimum absolute atomic E-state index is 0.0841. The van der Waals surface area contributed by atoms with E-state index in [1.54, 1.807) is 12.3 Å². The van der Waals surface area contributed by atoms with Gasteiger partial charge in [-0.2, -0.15) is 5.10 Å². The summed E-state index contributed by atoms with van der Waals surface area (Å²) in [5, 5.41) is 6.34. The third-order valence-electron chi connectivity index (χ3n) is 1.87. The van der Waals surface area contributed by atoms with E-state index in [2.05, 4.69) is 10.2 Å². The molecule has 5 heteroatoms. The van der Waals surface area contributed by atoms with E-state index in [0.29, 0.717) is 25.5 Å². The topological polar surface area (TPSA) is 64.2 Å². The molecule has 0 amide bonds. The molecule has 13 heavy (non-hydrogen) atoms. The molecule has 1 unspecified atom stereocenters. The van der Waals surface area contributed by atoms with Crippen LogP contribution in [0.5, 0.6) is 5.88 Å². The maximum atomic E-state index is 11.3. The molecule has 0 aliphatic carbocycles. The van der Waals surface area contributed by atoms with Crippen molar-refractivity contribution in [1.82, 2.24) is 10.2 Å². The summed E-state index contributed by atoms with van der Waals surface area (Å²) in [6, 6.07) is 1.67. The number of hydrogen-bond acceptors (Lipinski definition) is 4. The van der Waals surface area contributed by atoms with Crippen molar-refractivity contribution in [3.05, 3.63) is 12.3 Å². The standard InChI is InChI=1S/C8H10N2O3/c11-6-2-4-12-5-7(6)13-8-1-3-9-10-8/h1,3,7H,2,4-5H2,(H,9,10). The summed E-state index contributed by atoms with van der Waals surface area (Å²) >= 11 is 0. The minimum atomic E-state index is -0.478. The molecule has 2 rings (SSSR count). The fraction of sp³-hybridized carbons (Fsp3) is 0.500. The van der Waals surface area contributed by atoms with E-state index in [0.717, 1.165) is 0 Å². The Hall–Kier alpha value is -1.36. The lowest BCUT2D eigenvalue weighted by atomic mass is 10.1. The fourth-order valence-electron chi connectivity index (χ4n) is 1.18. The SMILES string of the molecule is O=C1CCOCC1Oc1ccn[nH]1. The van der Waals surface area contributed by atoms with Gasteiger partial charge in [-0.25, -0.2) is 5.10 Å². The molecule has 70 valence electrons. The van der Waals surface area contributed by atoms with E-state index in [-0.39, 0.29) is 5.78 Å². The second-order valence-electron chi connectivity index (χ2n) is 2.82. The number of carbonyl (C=O) groups excluding carboxylic acids is 1. The van der Waals surface area contributed by atoms with E-state index < -0.39 is 6.10 Å². The van der Waals surface area contributed by atoms with Crippen molar-refractivity contribution < 1.29 is 14.3 Å². The smallest absolute Gasteiger partial charge is 0.209 e. The molecular weight excluding hydrogens is 172 g/mol. The van der Waals surface area contributed by atoms with Gasteiger partial charge in [0.25, 0.3) is 0 Å². The molecule has 0 aromatic carbocycles. The Kier molecular flexibility index (Phi) is 2.27. The number of aromatic amines is 1. The van der Waals surface area contributed by atoms with Gasteiger partial charge in [0.05, 0.1) is 19.4 Å². The van der Waals surface area contributed by atoms with Crippen LogP contribution in [0.4, 0.5) is 0 Å². The Balaban J connectivity index is 1.97. The van der Waals surface area contributed by atoms with Crippen LogP contribution < -0.4 is 4.74 Å². The number of nitrogens with zero attached hydrogens (tertiary/aromatic N) is 1. The van der Waals surface area contributed by atoms with Crippen molar-refractivity contribution in [3.63, 3.8) is 0 Å². The highest BCUT2D eigenvalue weighted by Crippen LogP contribution is 2.11. The summed E-state index contributed by atoms with van der Waals surface area (Å²) in [5.74, 6) is 0.588. The van der Waals surface area contributed by atoms with Crippen LogP contribution in [0.2, 0.25) is 0 Å². The number of rotatable bonds is 2. The number of hydrogen-bond donors (Lipinski definition) is 1. The van der Waals surface area contributed by atoms with Crippen molar-refractivity contribution in [2.24, 2.45) is 0 Å². The molecule has 2 heterocycles. The van der Waals surface area contributed by atoms with Crippen molar-refractivity contribution >= 4 is 5.78 Å². The Morgan fingerprint density at radius 3 is 3.31 bits per heavy atom. The lowest BCUT2D eigenvalue weighted by Crippen LogP contribution is -2.37. The quantitative estimate of drug-likeness (QED) is 0.706. The first-order chi connectivity index (χ1) is 6.36. The third kappa shape index (κ3) is 1.86. The molecule has 1 saturated heterocycles. The van der Waals surface area contributed by atoms with Crippen LogP contribution in [0.15, 0.2) is 12.3 Å². The number of H-pyrrole nitrogens is 1. The zero-order valence-electron chi connectivity index (χ0n) is 7.03. The molecule has 1 atom stereocenters. The van der Waals surface area contributed by atoms with Gasteiger partial charge in [0.15, 0.2) is 11.9 Å². The summed E-state index contributed by atoms with van der Waals surface area (Å²) in [5.41, 5.74) is 0. The van der Waals surface area contributed by atoms with Crippen molar-refractivity contribution in [2.45, 2.75) is 12.5 Å². The van der Waals surface area contributed by atoms with Gasteiger partial charge >= 0.3 is 0 Å². The molecule has 1 aromatic heterocycles. The van der Waals surface area contributed by atoms with Crippen molar-refractivity contribution in [2.75, 3.05) is 13.2 Å². The fourth-order valence-corrected chi connectivity index (χ4v) is 1.18. The predicted octanol–water partition coefficient (Wildman–Crippen LogP) is 0.146. The Morgan fingerprint density at radius 2 is 2.62 bits per heavy atom. The van der Waals surface area contributed by atoms with Crippen LogP contribution in [0.3, 0.4) is 0 Å². The average molecular weight is 182 g/mol. The van der Waals surface area contributed by atoms with Crippen LogP contribution in [0.25, 0.3) is 0 Å². The van der Waals surface area contributed by atoms with Gasteiger partial charge in [0.2, 0.25) is 5.88 Å². The van der Waals surface area contributed by atoms with E-state index in [9.17, 15) is 4.79 Å². The minimum Gasteiger partial charge on any atom is -0.464 e. The van der Waals surface area contributed by atoms with E-state index in [1.807, 2.05) is 0 Å². The van der Waals surface area contributed by atoms with E-state index in [1.165, 1.54) is 0 Å². The van der Waals surface area contributed by atoms with Crippen LogP contribution in [0.1, 0.15) is 6.42 Å². The average Bonchev–Trinajstić information content (AvgIpc) is 2.61. The molecule has 0 bridgehead atoms. The lowest BCUT2D eigenvalue weighted by Gasteiger charge is -2.20. The molecule has 5 nitrogen and oxygen atoms in total. The van der Waals surface area contributed by atoms with Gasteiger partial charge in [-0.05, 0) is 0 Å². The zero-order valence-corrected chi connectivity index (χ0v) is 7.03. The maximum Gasteiger partial charge on any atom is 0.209 e. The summed E-state index contributed by atoms with van der Waals surface area (Å²) in [4.78, 5) is 11.3. The Morgan fingerprint density at radius 1 is 1.69 bits per heavy atom. The molecule has 0 saturated carbocycles. The van der Waals surface area contributed by atoms with Gasteiger partial charge < -0.3 is 9.47 Å². The first kappa shape index (κ1) is 8.25. The van der Waals surface area contributed by atoms with Crippen LogP contribution in [0, 0.1) is 0 Å². The molecule has 1 fully saturated rings. The van der Waals surface area contributed by atoms with E-state index >= 15 is 0 Å². The van der Waals surface area contributed by atoms with Gasteiger partial charge in [0.1, 0.15) is 0 Å². The van der Waals surface area contributed by atoms with Gasteiger partial charge in [-0.15, -0.1) is 0 Å². The molecule has 1 N–H and O–H groups in total. The van der Waals surface area contributed by atoms with Gasteiger partial charge in [-0.3, -0.25) is 4.79 Å². The Labute approximate surface area is 75.0 Å². The van der Waals surface area contributed by atoms with Crippen LogP contribution in [-0.4, -0.2) is 35.3 Å². The molecule has 1 aromatic rings. The molecule has 0 spiro atoms. The number of ketones is 1. The number of ether oxygens (including phenoxy) is 2. The first-order valence-corrected chi connectivity index (χ1v) is 4.13. The highest BCUT2D eigenvalue weighted by molar-refractivity contribution is 5.84.